The van der Waals surface area contributed by atoms with Gasteiger partial charge in [0.2, 0.25) is 0 Å². The van der Waals surface area contributed by atoms with Crippen LogP contribution < -0.4 is 5.32 Å². The average Bonchev–Trinajstić information content (AvgIpc) is 3.25. The van der Waals surface area contributed by atoms with Gasteiger partial charge in [0, 0.05) is 27.8 Å². The second-order valence-electron chi connectivity index (χ2n) is 8.47. The molecule has 8 heteroatoms. The fourth-order valence-corrected chi connectivity index (χ4v) is 5.78. The van der Waals surface area contributed by atoms with E-state index in [1.165, 1.54) is 6.07 Å². The van der Waals surface area contributed by atoms with Gasteiger partial charge in [-0.3, -0.25) is 8.98 Å². The molecule has 166 valence electrons. The van der Waals surface area contributed by atoms with Gasteiger partial charge in [-0.1, -0.05) is 18.2 Å². The molecule has 0 fully saturated rings. The largest absolute Gasteiger partial charge is 0.355 e. The van der Waals surface area contributed by atoms with Crippen molar-refractivity contribution >= 4 is 44.3 Å². The van der Waals surface area contributed by atoms with Crippen LogP contribution in [0.2, 0.25) is 0 Å². The van der Waals surface area contributed by atoms with Crippen molar-refractivity contribution in [1.82, 2.24) is 9.88 Å². The Labute approximate surface area is 187 Å². The smallest absolute Gasteiger partial charge is 0.297 e. The first-order valence-corrected chi connectivity index (χ1v) is 12.1. The standard InChI is InChI=1S/C24H25N3O4S/c1-27(2)12-5-7-16-15-6-3-4-8-19(15)25-21(16)14-18-23-17-11-13-31-32(29,30)22(17)10-9-20(23)26-24(18)28/h3-4,6,8-10,14,25H,5,7,11-13H2,1-2H3,(H,26,28)/b18-14-. The Morgan fingerprint density at radius 1 is 1.16 bits per heavy atom. The van der Waals surface area contributed by atoms with Crippen LogP contribution in [-0.4, -0.2) is 51.5 Å². The highest BCUT2D eigenvalue weighted by Crippen LogP contribution is 2.41. The molecule has 0 spiro atoms. The fourth-order valence-electron chi connectivity index (χ4n) is 4.61. The third kappa shape index (κ3) is 3.54. The zero-order valence-electron chi connectivity index (χ0n) is 18.1. The van der Waals surface area contributed by atoms with Crippen LogP contribution in [0.1, 0.15) is 28.8 Å². The number of aromatic nitrogens is 1. The Bertz CT molecular complexity index is 1370. The van der Waals surface area contributed by atoms with Crippen molar-refractivity contribution in [2.24, 2.45) is 0 Å². The van der Waals surface area contributed by atoms with E-state index in [1.807, 2.05) is 24.3 Å². The number of nitrogens with zero attached hydrogens (tertiary/aromatic N) is 1. The van der Waals surface area contributed by atoms with Crippen molar-refractivity contribution in [3.63, 3.8) is 0 Å². The van der Waals surface area contributed by atoms with Gasteiger partial charge in [0.1, 0.15) is 0 Å². The van der Waals surface area contributed by atoms with Gasteiger partial charge < -0.3 is 15.2 Å². The Morgan fingerprint density at radius 3 is 2.78 bits per heavy atom. The summed E-state index contributed by atoms with van der Waals surface area (Å²) < 4.78 is 29.8. The summed E-state index contributed by atoms with van der Waals surface area (Å²) in [5.41, 5.74) is 5.49. The summed E-state index contributed by atoms with van der Waals surface area (Å²) in [6.45, 7) is 1.04. The van der Waals surface area contributed by atoms with Crippen LogP contribution in [0.25, 0.3) is 22.6 Å². The lowest BCUT2D eigenvalue weighted by atomic mass is 9.96. The van der Waals surface area contributed by atoms with Crippen molar-refractivity contribution in [2.45, 2.75) is 24.2 Å². The minimum atomic E-state index is -3.81. The number of fused-ring (bicyclic) bond motifs is 4. The monoisotopic (exact) mass is 451 g/mol. The maximum absolute atomic E-state index is 12.9. The van der Waals surface area contributed by atoms with Gasteiger partial charge in [0.15, 0.2) is 0 Å². The second-order valence-corrected chi connectivity index (χ2v) is 10.1. The lowest BCUT2D eigenvalue weighted by Gasteiger charge is -2.19. The zero-order valence-corrected chi connectivity index (χ0v) is 18.9. The third-order valence-electron chi connectivity index (χ3n) is 6.06. The number of nitrogens with one attached hydrogen (secondary N) is 2. The van der Waals surface area contributed by atoms with Crippen molar-refractivity contribution in [2.75, 3.05) is 32.6 Å². The molecule has 3 heterocycles. The van der Waals surface area contributed by atoms with Gasteiger partial charge in [-0.05, 0) is 75.3 Å². The number of carbonyl (C=O) groups is 1. The topological polar surface area (TPSA) is 91.5 Å². The molecule has 0 radical (unpaired) electrons. The average molecular weight is 452 g/mol. The number of amides is 1. The predicted molar refractivity (Wildman–Crippen MR) is 125 cm³/mol. The molecule has 0 saturated carbocycles. The van der Waals surface area contributed by atoms with E-state index in [0.29, 0.717) is 28.8 Å². The molecule has 3 aromatic rings. The highest BCUT2D eigenvalue weighted by Gasteiger charge is 2.34. The number of H-pyrrole nitrogens is 1. The molecule has 0 aliphatic carbocycles. The van der Waals surface area contributed by atoms with E-state index in [0.717, 1.165) is 41.5 Å². The number of para-hydroxylation sites is 1. The molecule has 2 aliphatic heterocycles. The van der Waals surface area contributed by atoms with Crippen LogP contribution in [0.4, 0.5) is 5.69 Å². The summed E-state index contributed by atoms with van der Waals surface area (Å²) in [4.78, 5) is 18.7. The van der Waals surface area contributed by atoms with Crippen molar-refractivity contribution in [3.05, 3.63) is 58.8 Å². The second kappa shape index (κ2) is 7.88. The molecule has 32 heavy (non-hydrogen) atoms. The molecule has 2 N–H and O–H groups in total. The first-order valence-electron chi connectivity index (χ1n) is 10.7. The van der Waals surface area contributed by atoms with E-state index in [-0.39, 0.29) is 17.4 Å². The number of hydrogen-bond acceptors (Lipinski definition) is 5. The normalized spacial score (nSPS) is 18.2. The number of benzene rings is 2. The summed E-state index contributed by atoms with van der Waals surface area (Å²) in [5.74, 6) is -0.227. The molecule has 2 aromatic carbocycles. The number of aromatic amines is 1. The van der Waals surface area contributed by atoms with Crippen molar-refractivity contribution in [1.29, 1.82) is 0 Å². The number of rotatable bonds is 5. The number of carbonyl (C=O) groups excluding carboxylic acids is 1. The zero-order chi connectivity index (χ0) is 22.5. The highest BCUT2D eigenvalue weighted by atomic mass is 32.2. The molecule has 1 aromatic heterocycles. The Kier molecular flexibility index (Phi) is 5.16. The van der Waals surface area contributed by atoms with E-state index in [9.17, 15) is 13.2 Å². The summed E-state index contributed by atoms with van der Waals surface area (Å²) in [7, 11) is 0.304. The van der Waals surface area contributed by atoms with Gasteiger partial charge >= 0.3 is 0 Å². The van der Waals surface area contributed by atoms with Crippen LogP contribution in [-0.2, 0) is 31.9 Å². The molecular weight excluding hydrogens is 426 g/mol. The molecule has 0 atom stereocenters. The molecule has 0 saturated heterocycles. The number of hydrogen-bond donors (Lipinski definition) is 2. The molecule has 2 aliphatic rings. The van der Waals surface area contributed by atoms with Gasteiger partial charge in [0.25, 0.3) is 16.0 Å². The first kappa shape index (κ1) is 20.9. The number of anilines is 1. The molecule has 7 nitrogen and oxygen atoms in total. The Balaban J connectivity index is 1.65. The van der Waals surface area contributed by atoms with Crippen LogP contribution in [0.3, 0.4) is 0 Å². The summed E-state index contributed by atoms with van der Waals surface area (Å²) in [6, 6.07) is 11.3. The maximum atomic E-state index is 12.9. The predicted octanol–water partition coefficient (Wildman–Crippen LogP) is 3.42. The van der Waals surface area contributed by atoms with E-state index in [4.69, 9.17) is 4.18 Å². The van der Waals surface area contributed by atoms with Gasteiger partial charge in [-0.2, -0.15) is 8.42 Å². The number of aryl methyl sites for hydroxylation is 1. The minimum Gasteiger partial charge on any atom is -0.355 e. The van der Waals surface area contributed by atoms with Crippen molar-refractivity contribution < 1.29 is 17.4 Å². The van der Waals surface area contributed by atoms with E-state index < -0.39 is 10.1 Å². The summed E-state index contributed by atoms with van der Waals surface area (Å²) >= 11 is 0. The van der Waals surface area contributed by atoms with Crippen molar-refractivity contribution in [3.8, 4) is 0 Å². The lowest BCUT2D eigenvalue weighted by molar-refractivity contribution is -0.110. The third-order valence-corrected chi connectivity index (χ3v) is 7.46. The van der Waals surface area contributed by atoms with E-state index in [1.54, 1.807) is 6.07 Å². The van der Waals surface area contributed by atoms with Crippen LogP contribution >= 0.6 is 0 Å². The maximum Gasteiger partial charge on any atom is 0.297 e. The first-order chi connectivity index (χ1) is 15.3. The lowest BCUT2D eigenvalue weighted by Crippen LogP contribution is -2.19. The SMILES string of the molecule is CN(C)CCCc1c(/C=C2\C(=O)Nc3ccc4c(c32)CCOS4(=O)=O)[nH]c2ccccc12. The van der Waals surface area contributed by atoms with Gasteiger partial charge in [0.05, 0.1) is 17.1 Å². The molecule has 0 unspecified atom stereocenters. The van der Waals surface area contributed by atoms with E-state index in [2.05, 4.69) is 35.4 Å². The molecule has 1 amide bonds. The van der Waals surface area contributed by atoms with Crippen LogP contribution in [0, 0.1) is 0 Å². The Morgan fingerprint density at radius 2 is 1.97 bits per heavy atom. The van der Waals surface area contributed by atoms with Gasteiger partial charge in [-0.15, -0.1) is 0 Å². The summed E-state index contributed by atoms with van der Waals surface area (Å²) in [6.07, 6.45) is 4.16. The summed E-state index contributed by atoms with van der Waals surface area (Å²) in [5, 5.41) is 4.03. The van der Waals surface area contributed by atoms with Crippen LogP contribution in [0.5, 0.6) is 0 Å². The highest BCUT2D eigenvalue weighted by molar-refractivity contribution is 7.86. The van der Waals surface area contributed by atoms with E-state index >= 15 is 0 Å². The quantitative estimate of drug-likeness (QED) is 0.458. The molecule has 0 bridgehead atoms. The molecule has 5 rings (SSSR count). The van der Waals surface area contributed by atoms with Gasteiger partial charge in [-0.25, -0.2) is 0 Å². The fraction of sp³-hybridized carbons (Fsp3) is 0.292. The molecular formula is C24H25N3O4S. The Hall–Kier alpha value is -2.94. The minimum absolute atomic E-state index is 0.0788. The van der Waals surface area contributed by atoms with Crippen LogP contribution in [0.15, 0.2) is 41.3 Å².